The first-order chi connectivity index (χ1) is 7.95. The van der Waals surface area contributed by atoms with Crippen LogP contribution in [0.4, 0.5) is 0 Å². The number of nitrogens with two attached hydrogens (primary N) is 1. The molecule has 1 unspecified atom stereocenters. The zero-order chi connectivity index (χ0) is 13.0. The lowest BCUT2D eigenvalue weighted by Gasteiger charge is -2.15. The highest BCUT2D eigenvalue weighted by Gasteiger charge is 2.19. The van der Waals surface area contributed by atoms with Gasteiger partial charge in [0.25, 0.3) is 0 Å². The monoisotopic (exact) mass is 277 g/mol. The molecule has 4 nitrogen and oxygen atoms in total. The normalized spacial score (nSPS) is 12.1. The highest BCUT2D eigenvalue weighted by Crippen LogP contribution is 2.33. The molecule has 0 radical (unpaired) electrons. The van der Waals surface area contributed by atoms with Crippen LogP contribution in [0.25, 0.3) is 0 Å². The van der Waals surface area contributed by atoms with Gasteiger partial charge in [0.2, 0.25) is 0 Å². The quantitative estimate of drug-likeness (QED) is 0.679. The highest BCUT2D eigenvalue weighted by atomic mass is 35.5. The Labute approximate surface area is 110 Å². The standard InChI is InChI=1S/C11H13Cl2NO3/c1-3-16-11(15)8-4-7(12)5-9(13)10(8)17-6(2)14/h4-6H,3,14H2,1-2H3. The van der Waals surface area contributed by atoms with Gasteiger partial charge in [0.15, 0.2) is 5.75 Å². The molecule has 17 heavy (non-hydrogen) atoms. The Bertz CT molecular complexity index is 421. The number of halogens is 2. The predicted molar refractivity (Wildman–Crippen MR) is 66.7 cm³/mol. The second-order valence-corrected chi connectivity index (χ2v) is 4.15. The third-order valence-corrected chi connectivity index (χ3v) is 2.31. The van der Waals surface area contributed by atoms with Crippen LogP contribution in [0.3, 0.4) is 0 Å². The Balaban J connectivity index is 3.19. The molecule has 1 atom stereocenters. The predicted octanol–water partition coefficient (Wildman–Crippen LogP) is 2.85. The van der Waals surface area contributed by atoms with Crippen molar-refractivity contribution in [1.82, 2.24) is 0 Å². The van der Waals surface area contributed by atoms with Gasteiger partial charge in [-0.2, -0.15) is 0 Å². The van der Waals surface area contributed by atoms with Crippen LogP contribution in [-0.4, -0.2) is 18.8 Å². The average molecular weight is 278 g/mol. The molecule has 0 aliphatic carbocycles. The lowest BCUT2D eigenvalue weighted by molar-refractivity contribution is 0.0520. The molecule has 1 rings (SSSR count). The van der Waals surface area contributed by atoms with Gasteiger partial charge in [-0.25, -0.2) is 4.79 Å². The number of carbonyl (C=O) groups excluding carboxylic acids is 1. The zero-order valence-corrected chi connectivity index (χ0v) is 11.0. The van der Waals surface area contributed by atoms with Crippen LogP contribution in [0.2, 0.25) is 10.0 Å². The SMILES string of the molecule is CCOC(=O)c1cc(Cl)cc(Cl)c1OC(C)N. The van der Waals surface area contributed by atoms with Gasteiger partial charge in [-0.05, 0) is 26.0 Å². The van der Waals surface area contributed by atoms with Crippen LogP contribution >= 0.6 is 23.2 Å². The number of ether oxygens (including phenoxy) is 2. The summed E-state index contributed by atoms with van der Waals surface area (Å²) in [6, 6.07) is 2.91. The van der Waals surface area contributed by atoms with E-state index in [1.54, 1.807) is 13.8 Å². The van der Waals surface area contributed by atoms with Crippen molar-refractivity contribution < 1.29 is 14.3 Å². The number of rotatable bonds is 4. The maximum absolute atomic E-state index is 11.7. The number of benzene rings is 1. The fourth-order valence-corrected chi connectivity index (χ4v) is 1.76. The number of hydrogen-bond donors (Lipinski definition) is 1. The van der Waals surface area contributed by atoms with Gasteiger partial charge < -0.3 is 9.47 Å². The fraction of sp³-hybridized carbons (Fsp3) is 0.364. The lowest BCUT2D eigenvalue weighted by atomic mass is 10.2. The van der Waals surface area contributed by atoms with Crippen LogP contribution < -0.4 is 10.5 Å². The van der Waals surface area contributed by atoms with Gasteiger partial charge in [0.05, 0.1) is 11.6 Å². The topological polar surface area (TPSA) is 61.5 Å². The average Bonchev–Trinajstić information content (AvgIpc) is 2.21. The fourth-order valence-electron chi connectivity index (χ4n) is 1.23. The summed E-state index contributed by atoms with van der Waals surface area (Å²) in [7, 11) is 0. The maximum Gasteiger partial charge on any atom is 0.342 e. The molecule has 0 heterocycles. The molecule has 0 bridgehead atoms. The molecule has 0 aromatic heterocycles. The van der Waals surface area contributed by atoms with E-state index in [0.717, 1.165) is 0 Å². The molecule has 0 spiro atoms. The van der Waals surface area contributed by atoms with Crippen molar-refractivity contribution in [2.75, 3.05) is 6.61 Å². The minimum Gasteiger partial charge on any atom is -0.473 e. The lowest BCUT2D eigenvalue weighted by Crippen LogP contribution is -2.24. The van der Waals surface area contributed by atoms with E-state index in [0.29, 0.717) is 5.02 Å². The molecule has 1 aromatic rings. The highest BCUT2D eigenvalue weighted by molar-refractivity contribution is 6.36. The molecule has 1 aromatic carbocycles. The van der Waals surface area contributed by atoms with Gasteiger partial charge in [-0.15, -0.1) is 0 Å². The molecule has 94 valence electrons. The zero-order valence-electron chi connectivity index (χ0n) is 9.50. The van der Waals surface area contributed by atoms with Gasteiger partial charge >= 0.3 is 5.97 Å². The number of hydrogen-bond acceptors (Lipinski definition) is 4. The van der Waals surface area contributed by atoms with E-state index in [1.165, 1.54) is 12.1 Å². The first-order valence-corrected chi connectivity index (χ1v) is 5.79. The molecule has 0 amide bonds. The maximum atomic E-state index is 11.7. The summed E-state index contributed by atoms with van der Waals surface area (Å²) in [5.74, 6) is -0.364. The summed E-state index contributed by atoms with van der Waals surface area (Å²) in [4.78, 5) is 11.7. The molecule has 0 aliphatic heterocycles. The molecule has 0 saturated carbocycles. The van der Waals surface area contributed by atoms with Crippen molar-refractivity contribution >= 4 is 29.2 Å². The minimum atomic E-state index is -0.596. The molecular formula is C11H13Cl2NO3. The van der Waals surface area contributed by atoms with E-state index < -0.39 is 12.2 Å². The van der Waals surface area contributed by atoms with Crippen molar-refractivity contribution in [2.45, 2.75) is 20.1 Å². The third kappa shape index (κ3) is 3.77. The number of esters is 1. The first kappa shape index (κ1) is 14.1. The summed E-state index contributed by atoms with van der Waals surface area (Å²) in [6.45, 7) is 3.58. The second kappa shape index (κ2) is 6.10. The largest absolute Gasteiger partial charge is 0.473 e. The minimum absolute atomic E-state index is 0.168. The van der Waals surface area contributed by atoms with Crippen molar-refractivity contribution in [3.05, 3.63) is 27.7 Å². The first-order valence-electron chi connectivity index (χ1n) is 5.04. The Kier molecular flexibility index (Phi) is 5.05. The Hall–Kier alpha value is -0.970. The summed E-state index contributed by atoms with van der Waals surface area (Å²) in [6.07, 6.45) is -0.596. The van der Waals surface area contributed by atoms with Crippen molar-refractivity contribution in [3.8, 4) is 5.75 Å². The van der Waals surface area contributed by atoms with Crippen LogP contribution in [0, 0.1) is 0 Å². The van der Waals surface area contributed by atoms with E-state index in [9.17, 15) is 4.79 Å². The number of carbonyl (C=O) groups is 1. The molecule has 2 N–H and O–H groups in total. The molecule has 6 heteroatoms. The summed E-state index contributed by atoms with van der Waals surface area (Å²) in [5, 5.41) is 0.549. The molecular weight excluding hydrogens is 265 g/mol. The third-order valence-electron chi connectivity index (χ3n) is 1.81. The van der Waals surface area contributed by atoms with E-state index >= 15 is 0 Å². The molecule has 0 saturated heterocycles. The summed E-state index contributed by atoms with van der Waals surface area (Å²) < 4.78 is 10.2. The van der Waals surface area contributed by atoms with E-state index in [1.807, 2.05) is 0 Å². The van der Waals surface area contributed by atoms with Crippen molar-refractivity contribution in [3.63, 3.8) is 0 Å². The van der Waals surface area contributed by atoms with E-state index in [4.69, 9.17) is 38.4 Å². The molecule has 0 fully saturated rings. The van der Waals surface area contributed by atoms with Crippen LogP contribution in [0.1, 0.15) is 24.2 Å². The van der Waals surface area contributed by atoms with E-state index in [-0.39, 0.29) is 22.9 Å². The van der Waals surface area contributed by atoms with Crippen LogP contribution in [0.5, 0.6) is 5.75 Å². The Morgan fingerprint density at radius 1 is 1.47 bits per heavy atom. The van der Waals surface area contributed by atoms with Gasteiger partial charge in [-0.1, -0.05) is 23.2 Å². The van der Waals surface area contributed by atoms with Crippen molar-refractivity contribution in [2.24, 2.45) is 5.73 Å². The Morgan fingerprint density at radius 2 is 2.12 bits per heavy atom. The second-order valence-electron chi connectivity index (χ2n) is 3.31. The molecule has 0 aliphatic rings. The summed E-state index contributed by atoms with van der Waals surface area (Å²) >= 11 is 11.8. The van der Waals surface area contributed by atoms with Gasteiger partial charge in [0, 0.05) is 5.02 Å². The van der Waals surface area contributed by atoms with Gasteiger partial charge in [-0.3, -0.25) is 5.73 Å². The van der Waals surface area contributed by atoms with Crippen LogP contribution in [-0.2, 0) is 4.74 Å². The Morgan fingerprint density at radius 3 is 2.65 bits per heavy atom. The van der Waals surface area contributed by atoms with E-state index in [2.05, 4.69) is 0 Å². The van der Waals surface area contributed by atoms with Crippen LogP contribution in [0.15, 0.2) is 12.1 Å². The van der Waals surface area contributed by atoms with Crippen molar-refractivity contribution in [1.29, 1.82) is 0 Å². The van der Waals surface area contributed by atoms with Gasteiger partial charge in [0.1, 0.15) is 11.8 Å². The summed E-state index contributed by atoms with van der Waals surface area (Å²) in [5.41, 5.74) is 5.68. The smallest absolute Gasteiger partial charge is 0.342 e.